The summed E-state index contributed by atoms with van der Waals surface area (Å²) >= 11 is 6.29. The van der Waals surface area contributed by atoms with E-state index in [4.69, 9.17) is 16.3 Å². The van der Waals surface area contributed by atoms with E-state index in [9.17, 15) is 29.2 Å². The maximum atomic E-state index is 13.8. The van der Waals surface area contributed by atoms with E-state index in [0.717, 1.165) is 61.4 Å². The van der Waals surface area contributed by atoms with Gasteiger partial charge in [0.1, 0.15) is 17.9 Å². The van der Waals surface area contributed by atoms with Crippen LogP contribution < -0.4 is 15.0 Å². The van der Waals surface area contributed by atoms with Gasteiger partial charge in [-0.2, -0.15) is 5.26 Å². The van der Waals surface area contributed by atoms with Crippen LogP contribution in [0.15, 0.2) is 54.6 Å². The molecule has 2 aliphatic carbocycles. The number of hydrogen-bond acceptors (Lipinski definition) is 9. The molecule has 59 heavy (non-hydrogen) atoms. The number of hydrogen-bond donors (Lipinski definition) is 1. The lowest BCUT2D eigenvalue weighted by Crippen LogP contribution is -2.74. The van der Waals surface area contributed by atoms with E-state index < -0.39 is 17.7 Å². The van der Waals surface area contributed by atoms with E-state index in [2.05, 4.69) is 66.8 Å². The van der Waals surface area contributed by atoms with Crippen LogP contribution in [-0.2, 0) is 16.1 Å². The summed E-state index contributed by atoms with van der Waals surface area (Å²) < 4.78 is 6.48. The number of halogens is 1. The number of likely N-dealkylation sites (tertiary alicyclic amines) is 1. The van der Waals surface area contributed by atoms with Crippen LogP contribution in [0.1, 0.15) is 101 Å². The Balaban J connectivity index is 0.777. The highest BCUT2D eigenvalue weighted by molar-refractivity contribution is 6.32. The average molecular weight is 812 g/mol. The molecule has 302 valence electrons. The van der Waals surface area contributed by atoms with E-state index in [1.807, 2.05) is 23.1 Å². The topological polar surface area (TPSA) is 140 Å². The average Bonchev–Trinajstić information content (AvgIpc) is 3.62. The number of fused-ring (bicyclic) bond motifs is 2. The predicted octanol–water partition coefficient (Wildman–Crippen LogP) is 6.05. The van der Waals surface area contributed by atoms with Gasteiger partial charge < -0.3 is 14.5 Å². The Labute approximate surface area is 349 Å². The number of rotatable bonds is 6. The van der Waals surface area contributed by atoms with Gasteiger partial charge in [-0.15, -0.1) is 0 Å². The number of nitrogens with one attached hydrogen (secondary N) is 1. The van der Waals surface area contributed by atoms with Crippen molar-refractivity contribution in [1.29, 1.82) is 5.26 Å². The van der Waals surface area contributed by atoms with Crippen LogP contribution in [0.5, 0.6) is 5.75 Å². The van der Waals surface area contributed by atoms with Crippen LogP contribution in [0.3, 0.4) is 0 Å². The Kier molecular flexibility index (Phi) is 9.49. The number of carbonyl (C=O) groups excluding carboxylic acids is 5. The van der Waals surface area contributed by atoms with E-state index in [1.165, 1.54) is 0 Å². The summed E-state index contributed by atoms with van der Waals surface area (Å²) in [5.41, 5.74) is 3.98. The zero-order valence-corrected chi connectivity index (χ0v) is 34.4. The summed E-state index contributed by atoms with van der Waals surface area (Å²) in [5.74, 6) is 4.43. The van der Waals surface area contributed by atoms with Crippen molar-refractivity contribution in [1.82, 2.24) is 15.1 Å². The van der Waals surface area contributed by atoms with Crippen molar-refractivity contribution in [2.45, 2.75) is 78.1 Å². The second-order valence-electron chi connectivity index (χ2n) is 18.2. The third-order valence-corrected chi connectivity index (χ3v) is 14.1. The fraction of sp³-hybridized carbons (Fsp3) is 0.447. The van der Waals surface area contributed by atoms with Gasteiger partial charge in [0.05, 0.1) is 22.4 Å². The zero-order chi connectivity index (χ0) is 41.5. The summed E-state index contributed by atoms with van der Waals surface area (Å²) in [5, 5.41) is 11.9. The molecule has 3 aromatic carbocycles. The molecule has 0 radical (unpaired) electrons. The molecule has 4 aliphatic heterocycles. The van der Waals surface area contributed by atoms with Crippen molar-refractivity contribution >= 4 is 46.6 Å². The second-order valence-corrected chi connectivity index (χ2v) is 18.6. The van der Waals surface area contributed by atoms with Gasteiger partial charge >= 0.3 is 0 Å². The highest BCUT2D eigenvalue weighted by Crippen LogP contribution is 2.59. The normalized spacial score (nSPS) is 26.3. The molecule has 3 aromatic rings. The molecular formula is C47H46ClN5O6. The molecule has 12 heteroatoms. The van der Waals surface area contributed by atoms with Crippen LogP contribution in [0.25, 0.3) is 0 Å². The summed E-state index contributed by atoms with van der Waals surface area (Å²) in [6.45, 7) is 12.6. The summed E-state index contributed by atoms with van der Waals surface area (Å²) in [6.07, 6.45) is 2.10. The second kappa shape index (κ2) is 14.4. The SMILES string of the molecule is CC1(C)C(Oc2ccc(C#N)c(Cl)c2)C(C)(C)C1N1Cc2cc(C#CC3CCN(C4CN(c5ccc6c(c5)C(=O)C(C5CCC(=O)NC5=O)C6=O)C4)CC3)ccc2C1=O. The van der Waals surface area contributed by atoms with Gasteiger partial charge in [0.25, 0.3) is 5.91 Å². The first-order chi connectivity index (χ1) is 28.1. The first-order valence-corrected chi connectivity index (χ1v) is 20.9. The molecule has 2 atom stereocenters. The van der Waals surface area contributed by atoms with Crippen LogP contribution in [0.4, 0.5) is 5.69 Å². The van der Waals surface area contributed by atoms with Crippen molar-refractivity contribution in [2.24, 2.45) is 28.6 Å². The Morgan fingerprint density at radius 3 is 2.25 bits per heavy atom. The first kappa shape index (κ1) is 39.0. The highest BCUT2D eigenvalue weighted by atomic mass is 35.5. The molecule has 9 rings (SSSR count). The van der Waals surface area contributed by atoms with Gasteiger partial charge in [-0.25, -0.2) is 0 Å². The minimum absolute atomic E-state index is 0.0330. The Morgan fingerprint density at radius 1 is 0.847 bits per heavy atom. The zero-order valence-electron chi connectivity index (χ0n) is 33.6. The number of anilines is 1. The Bertz CT molecular complexity index is 2430. The lowest BCUT2D eigenvalue weighted by atomic mass is 9.49. The lowest BCUT2D eigenvalue weighted by molar-refractivity contribution is -0.199. The Hall–Kier alpha value is -5.49. The number of Topliss-reactive ketones (excluding diaryl/α,β-unsaturated/α-hetero) is 2. The van der Waals surface area contributed by atoms with Crippen molar-refractivity contribution in [2.75, 3.05) is 31.1 Å². The third-order valence-electron chi connectivity index (χ3n) is 13.8. The van der Waals surface area contributed by atoms with Crippen molar-refractivity contribution in [3.63, 3.8) is 0 Å². The van der Waals surface area contributed by atoms with Crippen molar-refractivity contribution < 1.29 is 28.7 Å². The molecule has 2 unspecified atom stereocenters. The van der Waals surface area contributed by atoms with Gasteiger partial charge in [-0.05, 0) is 86.4 Å². The number of nitriles is 1. The Morgan fingerprint density at radius 2 is 1.56 bits per heavy atom. The number of carbonyl (C=O) groups is 5. The molecule has 1 N–H and O–H groups in total. The van der Waals surface area contributed by atoms with E-state index in [-0.39, 0.29) is 65.1 Å². The van der Waals surface area contributed by atoms with Gasteiger partial charge in [0.15, 0.2) is 11.6 Å². The maximum absolute atomic E-state index is 13.8. The largest absolute Gasteiger partial charge is 0.489 e. The first-order valence-electron chi connectivity index (χ1n) is 20.5. The van der Waals surface area contributed by atoms with Crippen LogP contribution in [0.2, 0.25) is 5.02 Å². The molecule has 1 saturated carbocycles. The molecule has 3 saturated heterocycles. The maximum Gasteiger partial charge on any atom is 0.254 e. The van der Waals surface area contributed by atoms with E-state index in [0.29, 0.717) is 40.0 Å². The fourth-order valence-electron chi connectivity index (χ4n) is 11.1. The smallest absolute Gasteiger partial charge is 0.254 e. The van der Waals surface area contributed by atoms with Gasteiger partial charge in [0, 0.05) is 88.9 Å². The van der Waals surface area contributed by atoms with E-state index in [1.54, 1.807) is 30.3 Å². The monoisotopic (exact) mass is 811 g/mol. The van der Waals surface area contributed by atoms with Crippen LogP contribution in [-0.4, -0.2) is 83.5 Å². The quantitative estimate of drug-likeness (QED) is 0.179. The standard InChI is InChI=1S/C47H46ClN5O6/c1-46(2)44(47(3,4)45(46)59-32-10-8-28(22-49)37(48)21-32)53-23-29-19-27(7-11-33(29)43(53)58)6-5-26-15-17-51(18-16-26)31-24-52(25-31)30-9-12-34-36(20-30)41(56)39(40(34)55)35-13-14-38(54)50-42(35)57/h7-12,19-21,26,31,35,39,44-45H,13-18,23-25H2,1-4H3,(H,50,54,57). The molecule has 0 aromatic heterocycles. The van der Waals surface area contributed by atoms with Crippen molar-refractivity contribution in [3.8, 4) is 23.7 Å². The number of benzene rings is 3. The summed E-state index contributed by atoms with van der Waals surface area (Å²) in [6, 6.07) is 18.9. The highest BCUT2D eigenvalue weighted by Gasteiger charge is 2.67. The summed E-state index contributed by atoms with van der Waals surface area (Å²) in [4.78, 5) is 71.2. The van der Waals surface area contributed by atoms with Gasteiger partial charge in [0.2, 0.25) is 11.8 Å². The molecule has 3 amide bonds. The van der Waals surface area contributed by atoms with Crippen molar-refractivity contribution in [3.05, 3.63) is 93.0 Å². The lowest BCUT2D eigenvalue weighted by Gasteiger charge is -2.65. The van der Waals surface area contributed by atoms with Crippen LogP contribution >= 0.6 is 11.6 Å². The number of amides is 3. The summed E-state index contributed by atoms with van der Waals surface area (Å²) in [7, 11) is 0. The number of imide groups is 1. The third kappa shape index (κ3) is 6.50. The molecule has 6 aliphatic rings. The molecule has 4 heterocycles. The molecule has 4 fully saturated rings. The van der Waals surface area contributed by atoms with E-state index >= 15 is 0 Å². The fourth-order valence-corrected chi connectivity index (χ4v) is 11.3. The molecule has 0 spiro atoms. The number of ketones is 2. The van der Waals surface area contributed by atoms with Crippen LogP contribution in [0, 0.1) is 51.8 Å². The predicted molar refractivity (Wildman–Crippen MR) is 220 cm³/mol. The number of nitrogens with zero attached hydrogens (tertiary/aromatic N) is 4. The number of ether oxygens (including phenoxy) is 1. The van der Waals surface area contributed by atoms with Gasteiger partial charge in [-0.3, -0.25) is 34.2 Å². The minimum atomic E-state index is -1.06. The molecule has 11 nitrogen and oxygen atoms in total. The minimum Gasteiger partial charge on any atom is -0.489 e. The molecular weight excluding hydrogens is 766 g/mol. The van der Waals surface area contributed by atoms with Gasteiger partial charge in [-0.1, -0.05) is 51.1 Å². The number of piperidine rings is 2. The molecule has 0 bridgehead atoms.